The number of carbonyl (C=O) groups excluding carboxylic acids is 1. The number of ketones is 1. The van der Waals surface area contributed by atoms with Crippen LogP contribution in [-0.4, -0.2) is 5.78 Å². The van der Waals surface area contributed by atoms with Crippen molar-refractivity contribution in [1.29, 1.82) is 0 Å². The maximum absolute atomic E-state index is 12.4. The summed E-state index contributed by atoms with van der Waals surface area (Å²) in [4.78, 5) is 11.4. The number of halogens is 3. The molecule has 0 fully saturated rings. The Labute approximate surface area is 90.3 Å². The molecule has 0 amide bonds. The van der Waals surface area contributed by atoms with Gasteiger partial charge in [-0.1, -0.05) is 5.92 Å². The topological polar surface area (TPSA) is 43.1 Å². The molecule has 0 bridgehead atoms. The Hall–Kier alpha value is -1.96. The van der Waals surface area contributed by atoms with Gasteiger partial charge in [-0.2, -0.15) is 13.2 Å². The van der Waals surface area contributed by atoms with Crippen LogP contribution in [0.5, 0.6) is 0 Å². The van der Waals surface area contributed by atoms with Gasteiger partial charge in [0.1, 0.15) is 0 Å². The van der Waals surface area contributed by atoms with E-state index in [2.05, 4.69) is 5.92 Å². The number of alkyl halides is 3. The molecule has 0 saturated carbocycles. The van der Waals surface area contributed by atoms with Crippen LogP contribution in [0.4, 0.5) is 18.9 Å². The van der Waals surface area contributed by atoms with E-state index in [9.17, 15) is 18.0 Å². The normalized spacial score (nSPS) is 10.9. The van der Waals surface area contributed by atoms with Gasteiger partial charge in [-0.3, -0.25) is 4.79 Å². The van der Waals surface area contributed by atoms with Gasteiger partial charge < -0.3 is 5.73 Å². The molecule has 0 aliphatic carbocycles. The zero-order chi connectivity index (χ0) is 12.3. The van der Waals surface area contributed by atoms with Gasteiger partial charge in [-0.05, 0) is 18.2 Å². The van der Waals surface area contributed by atoms with Crippen LogP contribution in [0.2, 0.25) is 0 Å². The van der Waals surface area contributed by atoms with Crippen molar-refractivity contribution in [3.8, 4) is 12.3 Å². The Kier molecular flexibility index (Phi) is 3.23. The van der Waals surface area contributed by atoms with E-state index in [0.29, 0.717) is 0 Å². The molecule has 0 aliphatic rings. The fourth-order valence-electron chi connectivity index (χ4n) is 1.16. The molecule has 0 spiro atoms. The number of anilines is 1. The molecule has 16 heavy (non-hydrogen) atoms. The highest BCUT2D eigenvalue weighted by Gasteiger charge is 2.31. The molecule has 0 aromatic heterocycles. The lowest BCUT2D eigenvalue weighted by Gasteiger charge is -2.09. The SMILES string of the molecule is C#CCC(=O)c1cc(C(F)(F)F)ccc1N. The molecule has 0 radical (unpaired) electrons. The number of nitrogen functional groups attached to an aromatic ring is 1. The van der Waals surface area contributed by atoms with E-state index in [1.54, 1.807) is 0 Å². The Morgan fingerprint density at radius 1 is 1.44 bits per heavy atom. The Balaban J connectivity index is 3.20. The predicted octanol–water partition coefficient (Wildman–Crippen LogP) is 2.49. The summed E-state index contributed by atoms with van der Waals surface area (Å²) in [5.41, 5.74) is 4.30. The van der Waals surface area contributed by atoms with Gasteiger partial charge in [0.25, 0.3) is 0 Å². The van der Waals surface area contributed by atoms with Crippen molar-refractivity contribution in [3.05, 3.63) is 29.3 Å². The van der Waals surface area contributed by atoms with E-state index in [1.807, 2.05) is 0 Å². The minimum Gasteiger partial charge on any atom is -0.398 e. The van der Waals surface area contributed by atoms with Gasteiger partial charge in [0.15, 0.2) is 5.78 Å². The Morgan fingerprint density at radius 3 is 2.56 bits per heavy atom. The molecule has 84 valence electrons. The number of hydrogen-bond acceptors (Lipinski definition) is 2. The summed E-state index contributed by atoms with van der Waals surface area (Å²) in [7, 11) is 0. The highest BCUT2D eigenvalue weighted by atomic mass is 19.4. The monoisotopic (exact) mass is 227 g/mol. The number of carbonyl (C=O) groups is 1. The second-order valence-corrected chi connectivity index (χ2v) is 3.10. The van der Waals surface area contributed by atoms with Crippen molar-refractivity contribution in [1.82, 2.24) is 0 Å². The second kappa shape index (κ2) is 4.27. The first-order chi connectivity index (χ1) is 7.36. The number of hydrogen-bond donors (Lipinski definition) is 1. The number of Topliss-reactive ketones (excluding diaryl/α,β-unsaturated/α-hetero) is 1. The van der Waals surface area contributed by atoms with Crippen LogP contribution in [0.15, 0.2) is 18.2 Å². The number of benzene rings is 1. The standard InChI is InChI=1S/C11H8F3NO/c1-2-3-10(16)8-6-7(11(12,13)14)4-5-9(8)15/h1,4-6H,3,15H2. The maximum Gasteiger partial charge on any atom is 0.416 e. The minimum absolute atomic E-state index is 0.00625. The van der Waals surface area contributed by atoms with Crippen LogP contribution >= 0.6 is 0 Å². The fourth-order valence-corrected chi connectivity index (χ4v) is 1.16. The van der Waals surface area contributed by atoms with Crippen molar-refractivity contribution in [3.63, 3.8) is 0 Å². The van der Waals surface area contributed by atoms with Gasteiger partial charge in [0.2, 0.25) is 0 Å². The summed E-state index contributed by atoms with van der Waals surface area (Å²) in [5.74, 6) is 1.47. The molecule has 1 rings (SSSR count). The highest BCUT2D eigenvalue weighted by Crippen LogP contribution is 2.31. The van der Waals surface area contributed by atoms with Crippen molar-refractivity contribution < 1.29 is 18.0 Å². The Morgan fingerprint density at radius 2 is 2.06 bits per heavy atom. The molecule has 5 heteroatoms. The molecule has 2 N–H and O–H groups in total. The smallest absolute Gasteiger partial charge is 0.398 e. The van der Waals surface area contributed by atoms with E-state index in [0.717, 1.165) is 18.2 Å². The lowest BCUT2D eigenvalue weighted by Crippen LogP contribution is -2.09. The van der Waals surface area contributed by atoms with Gasteiger partial charge >= 0.3 is 6.18 Å². The summed E-state index contributed by atoms with van der Waals surface area (Å²) >= 11 is 0. The number of terminal acetylenes is 1. The quantitative estimate of drug-likeness (QED) is 0.479. The van der Waals surface area contributed by atoms with E-state index < -0.39 is 17.5 Å². The van der Waals surface area contributed by atoms with E-state index in [-0.39, 0.29) is 17.7 Å². The molecule has 0 aliphatic heterocycles. The first-order valence-corrected chi connectivity index (χ1v) is 4.29. The summed E-state index contributed by atoms with van der Waals surface area (Å²) in [6.45, 7) is 0. The van der Waals surface area contributed by atoms with Crippen molar-refractivity contribution in [2.24, 2.45) is 0 Å². The summed E-state index contributed by atoms with van der Waals surface area (Å²) < 4.78 is 37.1. The van der Waals surface area contributed by atoms with E-state index in [4.69, 9.17) is 12.2 Å². The fraction of sp³-hybridized carbons (Fsp3) is 0.182. The van der Waals surface area contributed by atoms with Gasteiger partial charge in [0, 0.05) is 11.3 Å². The third-order valence-corrected chi connectivity index (χ3v) is 1.94. The molecule has 0 heterocycles. The van der Waals surface area contributed by atoms with Crippen LogP contribution in [0.3, 0.4) is 0 Å². The highest BCUT2D eigenvalue weighted by molar-refractivity contribution is 6.02. The zero-order valence-corrected chi connectivity index (χ0v) is 8.14. The first kappa shape index (κ1) is 12.1. The average Bonchev–Trinajstić information content (AvgIpc) is 2.16. The van der Waals surface area contributed by atoms with Gasteiger partial charge in [0.05, 0.1) is 12.0 Å². The largest absolute Gasteiger partial charge is 0.416 e. The average molecular weight is 227 g/mol. The molecule has 1 aromatic rings. The van der Waals surface area contributed by atoms with E-state index in [1.165, 1.54) is 0 Å². The van der Waals surface area contributed by atoms with Gasteiger partial charge in [-0.15, -0.1) is 6.42 Å². The zero-order valence-electron chi connectivity index (χ0n) is 8.14. The van der Waals surface area contributed by atoms with Crippen molar-refractivity contribution >= 4 is 11.5 Å². The van der Waals surface area contributed by atoms with Crippen LogP contribution in [0, 0.1) is 12.3 Å². The summed E-state index contributed by atoms with van der Waals surface area (Å²) in [5, 5.41) is 0. The Bertz CT molecular complexity index is 457. The van der Waals surface area contributed by atoms with Crippen molar-refractivity contribution in [2.45, 2.75) is 12.6 Å². The number of nitrogens with two attached hydrogens (primary N) is 1. The van der Waals surface area contributed by atoms with Gasteiger partial charge in [-0.25, -0.2) is 0 Å². The van der Waals surface area contributed by atoms with Crippen LogP contribution < -0.4 is 5.73 Å². The molecule has 0 atom stereocenters. The molecule has 1 aromatic carbocycles. The maximum atomic E-state index is 12.4. The number of rotatable bonds is 2. The molecule has 0 unspecified atom stereocenters. The first-order valence-electron chi connectivity index (χ1n) is 4.29. The molecule has 0 saturated heterocycles. The lowest BCUT2D eigenvalue weighted by molar-refractivity contribution is -0.137. The molecular weight excluding hydrogens is 219 g/mol. The molecule has 2 nitrogen and oxygen atoms in total. The second-order valence-electron chi connectivity index (χ2n) is 3.10. The third kappa shape index (κ3) is 2.54. The minimum atomic E-state index is -4.50. The third-order valence-electron chi connectivity index (χ3n) is 1.94. The lowest BCUT2D eigenvalue weighted by atomic mass is 10.0. The summed E-state index contributed by atoms with van der Waals surface area (Å²) in [6.07, 6.45) is 0.133. The molecular formula is C11H8F3NO. The predicted molar refractivity (Wildman–Crippen MR) is 53.6 cm³/mol. The summed E-state index contributed by atoms with van der Waals surface area (Å²) in [6, 6.07) is 2.59. The van der Waals surface area contributed by atoms with Crippen LogP contribution in [-0.2, 0) is 6.18 Å². The van der Waals surface area contributed by atoms with E-state index >= 15 is 0 Å². The van der Waals surface area contributed by atoms with Crippen LogP contribution in [0.25, 0.3) is 0 Å². The van der Waals surface area contributed by atoms with Crippen LogP contribution in [0.1, 0.15) is 22.3 Å². The van der Waals surface area contributed by atoms with Crippen molar-refractivity contribution in [2.75, 3.05) is 5.73 Å².